The van der Waals surface area contributed by atoms with E-state index in [-0.39, 0.29) is 0 Å². The number of rotatable bonds is 2. The van der Waals surface area contributed by atoms with Crippen LogP contribution in [0.4, 0.5) is 0 Å². The molecule has 0 aliphatic carbocycles. The second-order valence-corrected chi connectivity index (χ2v) is 5.79. The van der Waals surface area contributed by atoms with Gasteiger partial charge in [-0.15, -0.1) is 0 Å². The average Bonchev–Trinajstić information content (AvgIpc) is 1.57. The number of sulfone groups is 2. The molecular formula is C4H8O4S2. The molecule has 0 saturated heterocycles. The molecule has 0 amide bonds. The Morgan fingerprint density at radius 3 is 1.10 bits per heavy atom. The van der Waals surface area contributed by atoms with E-state index in [1.165, 1.54) is 0 Å². The summed E-state index contributed by atoms with van der Waals surface area (Å²) in [5.41, 5.74) is 0. The van der Waals surface area contributed by atoms with Gasteiger partial charge >= 0.3 is 0 Å². The van der Waals surface area contributed by atoms with Gasteiger partial charge < -0.3 is 0 Å². The van der Waals surface area contributed by atoms with Crippen LogP contribution >= 0.6 is 0 Å². The van der Waals surface area contributed by atoms with Crippen LogP contribution in [0.5, 0.6) is 0 Å². The van der Waals surface area contributed by atoms with Gasteiger partial charge in [-0.05, 0) is 0 Å². The van der Waals surface area contributed by atoms with E-state index >= 15 is 0 Å². The second-order valence-electron chi connectivity index (χ2n) is 1.93. The second kappa shape index (κ2) is 2.71. The van der Waals surface area contributed by atoms with E-state index in [9.17, 15) is 16.8 Å². The van der Waals surface area contributed by atoms with Gasteiger partial charge in [0, 0.05) is 23.3 Å². The van der Waals surface area contributed by atoms with Gasteiger partial charge in [0.05, 0.1) is 0 Å². The van der Waals surface area contributed by atoms with Gasteiger partial charge in [-0.3, -0.25) is 0 Å². The standard InChI is InChI=1S/C4H8O4S2/c1-9(5,6)3-4-10(2,7)8/h3-4H,1-2H3/b4-3-. The lowest BCUT2D eigenvalue weighted by atomic mass is 11.3. The lowest BCUT2D eigenvalue weighted by Crippen LogP contribution is -1.93. The molecule has 60 valence electrons. The van der Waals surface area contributed by atoms with Gasteiger partial charge in [0.25, 0.3) is 0 Å². The van der Waals surface area contributed by atoms with Crippen molar-refractivity contribution in [2.45, 2.75) is 0 Å². The van der Waals surface area contributed by atoms with E-state index in [0.717, 1.165) is 12.5 Å². The van der Waals surface area contributed by atoms with Gasteiger partial charge in [-0.25, -0.2) is 16.8 Å². The topological polar surface area (TPSA) is 68.3 Å². The summed E-state index contributed by atoms with van der Waals surface area (Å²) >= 11 is 0. The quantitative estimate of drug-likeness (QED) is 0.582. The molecule has 0 heterocycles. The largest absolute Gasteiger partial charge is 0.225 e. The van der Waals surface area contributed by atoms with Crippen molar-refractivity contribution < 1.29 is 16.8 Å². The zero-order valence-corrected chi connectivity index (χ0v) is 7.24. The van der Waals surface area contributed by atoms with E-state index in [1.807, 2.05) is 0 Å². The van der Waals surface area contributed by atoms with Crippen LogP contribution < -0.4 is 0 Å². The molecule has 0 aliphatic heterocycles. The van der Waals surface area contributed by atoms with Crippen LogP contribution in [-0.4, -0.2) is 29.3 Å². The maximum Gasteiger partial charge on any atom is 0.169 e. The maximum absolute atomic E-state index is 10.3. The zero-order valence-electron chi connectivity index (χ0n) is 5.60. The van der Waals surface area contributed by atoms with E-state index in [2.05, 4.69) is 0 Å². The first-order valence-corrected chi connectivity index (χ1v) is 6.20. The molecule has 0 bridgehead atoms. The van der Waals surface area contributed by atoms with E-state index in [1.54, 1.807) is 0 Å². The van der Waals surface area contributed by atoms with Crippen LogP contribution in [0.3, 0.4) is 0 Å². The fourth-order valence-corrected chi connectivity index (χ4v) is 1.82. The summed E-state index contributed by atoms with van der Waals surface area (Å²) in [6, 6.07) is 0. The Labute approximate surface area is 60.4 Å². The van der Waals surface area contributed by atoms with E-state index < -0.39 is 19.7 Å². The number of hydrogen-bond donors (Lipinski definition) is 0. The summed E-state index contributed by atoms with van der Waals surface area (Å²) in [5.74, 6) is 0. The lowest BCUT2D eigenvalue weighted by Gasteiger charge is -1.84. The highest BCUT2D eigenvalue weighted by Gasteiger charge is 1.97. The van der Waals surface area contributed by atoms with Crippen LogP contribution in [0.25, 0.3) is 0 Å². The molecule has 10 heavy (non-hydrogen) atoms. The highest BCUT2D eigenvalue weighted by atomic mass is 32.2. The molecule has 6 heteroatoms. The molecule has 4 nitrogen and oxygen atoms in total. The first-order valence-electron chi connectivity index (χ1n) is 2.29. The van der Waals surface area contributed by atoms with Crippen molar-refractivity contribution in [3.05, 3.63) is 10.8 Å². The summed E-state index contributed by atoms with van der Waals surface area (Å²) in [6.07, 6.45) is 1.85. The lowest BCUT2D eigenvalue weighted by molar-refractivity contribution is 0.606. The predicted octanol–water partition coefficient (Wildman–Crippen LogP) is -0.453. The minimum absolute atomic E-state index is 0.655. The molecule has 0 rings (SSSR count). The third-order valence-electron chi connectivity index (χ3n) is 0.550. The molecule has 0 spiro atoms. The van der Waals surface area contributed by atoms with Crippen molar-refractivity contribution in [1.82, 2.24) is 0 Å². The summed E-state index contributed by atoms with van der Waals surface area (Å²) in [4.78, 5) is 0. The van der Waals surface area contributed by atoms with Crippen LogP contribution in [-0.2, 0) is 19.7 Å². The van der Waals surface area contributed by atoms with Crippen LogP contribution in [0, 0.1) is 0 Å². The average molecular weight is 184 g/mol. The fourth-order valence-electron chi connectivity index (χ4n) is 0.202. The molecule has 0 atom stereocenters. The third kappa shape index (κ3) is 7.64. The maximum atomic E-state index is 10.3. The third-order valence-corrected chi connectivity index (χ3v) is 1.98. The molecular weight excluding hydrogens is 176 g/mol. The molecule has 0 saturated carbocycles. The highest BCUT2D eigenvalue weighted by Crippen LogP contribution is 1.90. The van der Waals surface area contributed by atoms with Gasteiger partial charge in [0.2, 0.25) is 0 Å². The Balaban J connectivity index is 4.64. The minimum atomic E-state index is -3.32. The normalized spacial score (nSPS) is 14.2. The fraction of sp³-hybridized carbons (Fsp3) is 0.500. The van der Waals surface area contributed by atoms with Crippen molar-refractivity contribution >= 4 is 19.7 Å². The minimum Gasteiger partial charge on any atom is -0.225 e. The summed E-state index contributed by atoms with van der Waals surface area (Å²) in [7, 11) is -6.63. The first kappa shape index (κ1) is 9.64. The Hall–Kier alpha value is -0.360. The van der Waals surface area contributed by atoms with Crippen LogP contribution in [0.2, 0.25) is 0 Å². The highest BCUT2D eigenvalue weighted by molar-refractivity contribution is 7.97. The van der Waals surface area contributed by atoms with Crippen molar-refractivity contribution in [2.75, 3.05) is 12.5 Å². The van der Waals surface area contributed by atoms with Crippen molar-refractivity contribution in [2.24, 2.45) is 0 Å². The monoisotopic (exact) mass is 184 g/mol. The Bertz CT molecular complexity index is 284. The van der Waals surface area contributed by atoms with E-state index in [0.29, 0.717) is 10.8 Å². The summed E-state index contributed by atoms with van der Waals surface area (Å²) in [6.45, 7) is 0. The molecule has 0 aromatic rings. The number of hydrogen-bond acceptors (Lipinski definition) is 4. The Morgan fingerprint density at radius 2 is 1.00 bits per heavy atom. The molecule has 0 unspecified atom stereocenters. The Kier molecular flexibility index (Phi) is 2.61. The van der Waals surface area contributed by atoms with Gasteiger partial charge in [0.1, 0.15) is 0 Å². The molecule has 0 aromatic carbocycles. The SMILES string of the molecule is CS(=O)(=O)/C=C\S(C)(=O)=O. The molecule has 0 radical (unpaired) electrons. The first-order chi connectivity index (χ1) is 4.21. The Morgan fingerprint density at radius 1 is 0.800 bits per heavy atom. The van der Waals surface area contributed by atoms with Gasteiger partial charge in [-0.1, -0.05) is 0 Å². The van der Waals surface area contributed by atoms with E-state index in [4.69, 9.17) is 0 Å². The van der Waals surface area contributed by atoms with Gasteiger partial charge in [0.15, 0.2) is 19.7 Å². The van der Waals surface area contributed by atoms with Gasteiger partial charge in [-0.2, -0.15) is 0 Å². The van der Waals surface area contributed by atoms with Crippen LogP contribution in [0.1, 0.15) is 0 Å². The van der Waals surface area contributed by atoms with Crippen molar-refractivity contribution in [3.8, 4) is 0 Å². The molecule has 0 aliphatic rings. The zero-order chi connectivity index (χ0) is 8.41. The van der Waals surface area contributed by atoms with Crippen LogP contribution in [0.15, 0.2) is 10.8 Å². The van der Waals surface area contributed by atoms with Crippen molar-refractivity contribution in [1.29, 1.82) is 0 Å². The smallest absolute Gasteiger partial charge is 0.169 e. The molecule has 0 N–H and O–H groups in total. The summed E-state index contributed by atoms with van der Waals surface area (Å²) in [5, 5.41) is 1.31. The van der Waals surface area contributed by atoms with Crippen molar-refractivity contribution in [3.63, 3.8) is 0 Å². The summed E-state index contributed by atoms with van der Waals surface area (Å²) < 4.78 is 41.3. The molecule has 0 fully saturated rings. The predicted molar refractivity (Wildman–Crippen MR) is 38.8 cm³/mol. The molecule has 0 aromatic heterocycles.